The van der Waals surface area contributed by atoms with Crippen LogP contribution in [0.25, 0.3) is 16.8 Å². The number of hydrogen-bond acceptors (Lipinski definition) is 5. The van der Waals surface area contributed by atoms with Crippen molar-refractivity contribution >= 4 is 11.4 Å². The van der Waals surface area contributed by atoms with Crippen LogP contribution in [0, 0.1) is 0 Å². The Labute approximate surface area is 149 Å². The maximum atomic E-state index is 12.7. The number of hydrogen-bond donors (Lipinski definition) is 1. The fraction of sp³-hybridized carbons (Fsp3) is 0.278. The first-order chi connectivity index (χ1) is 12.5. The van der Waals surface area contributed by atoms with Gasteiger partial charge in [0.1, 0.15) is 12.1 Å². The van der Waals surface area contributed by atoms with E-state index in [0.717, 1.165) is 5.56 Å². The minimum absolute atomic E-state index is 0.0227. The normalized spacial score (nSPS) is 12.7. The van der Waals surface area contributed by atoms with Crippen molar-refractivity contribution in [2.45, 2.75) is 26.4 Å². The number of fused-ring (bicyclic) bond motifs is 2. The second-order valence-corrected chi connectivity index (χ2v) is 6.38. The summed E-state index contributed by atoms with van der Waals surface area (Å²) in [6, 6.07) is 7.24. The highest BCUT2D eigenvalue weighted by Crippen LogP contribution is 2.35. The molecular formula is C18H18N4O4. The van der Waals surface area contributed by atoms with Crippen LogP contribution in [0.15, 0.2) is 41.5 Å². The standard InChI is InChI=1S/C18H18N4O4/c1-11(2)19-17(23)9-21-5-6-22-14(18(21)24)8-13(20-22)12-3-4-15-16(7-12)26-10-25-15/h3-8,11H,9-10H2,1-2H3,(H,19,23). The molecule has 0 aliphatic carbocycles. The van der Waals surface area contributed by atoms with E-state index in [2.05, 4.69) is 10.4 Å². The van der Waals surface area contributed by atoms with Gasteiger partial charge in [0.15, 0.2) is 11.5 Å². The van der Waals surface area contributed by atoms with E-state index in [1.165, 1.54) is 9.08 Å². The molecular weight excluding hydrogens is 336 g/mol. The third-order valence-corrected chi connectivity index (χ3v) is 4.04. The molecule has 2 aromatic heterocycles. The minimum atomic E-state index is -0.272. The maximum absolute atomic E-state index is 12.7. The summed E-state index contributed by atoms with van der Waals surface area (Å²) in [7, 11) is 0. The third-order valence-electron chi connectivity index (χ3n) is 4.04. The summed E-state index contributed by atoms with van der Waals surface area (Å²) in [6.45, 7) is 3.92. The van der Waals surface area contributed by atoms with Crippen LogP contribution >= 0.6 is 0 Å². The Hall–Kier alpha value is -3.29. The Balaban J connectivity index is 1.68. The number of rotatable bonds is 4. The molecule has 0 radical (unpaired) electrons. The van der Waals surface area contributed by atoms with Crippen LogP contribution in [0.3, 0.4) is 0 Å². The molecule has 1 amide bonds. The van der Waals surface area contributed by atoms with Crippen LogP contribution in [0.2, 0.25) is 0 Å². The summed E-state index contributed by atoms with van der Waals surface area (Å²) >= 11 is 0. The molecule has 1 N–H and O–H groups in total. The van der Waals surface area contributed by atoms with Crippen molar-refractivity contribution in [2.24, 2.45) is 0 Å². The van der Waals surface area contributed by atoms with Crippen molar-refractivity contribution in [2.75, 3.05) is 6.79 Å². The van der Waals surface area contributed by atoms with Crippen LogP contribution in [0.5, 0.6) is 11.5 Å². The summed E-state index contributed by atoms with van der Waals surface area (Å²) in [5.74, 6) is 1.14. The quantitative estimate of drug-likeness (QED) is 0.766. The van der Waals surface area contributed by atoms with E-state index in [1.54, 1.807) is 18.5 Å². The van der Waals surface area contributed by atoms with Crippen LogP contribution in [-0.2, 0) is 11.3 Å². The number of aromatic nitrogens is 3. The van der Waals surface area contributed by atoms with Gasteiger partial charge in [0.25, 0.3) is 5.56 Å². The number of carbonyl (C=O) groups is 1. The third kappa shape index (κ3) is 2.90. The minimum Gasteiger partial charge on any atom is -0.454 e. The zero-order valence-corrected chi connectivity index (χ0v) is 14.4. The number of benzene rings is 1. The van der Waals surface area contributed by atoms with Gasteiger partial charge >= 0.3 is 0 Å². The lowest BCUT2D eigenvalue weighted by Crippen LogP contribution is -2.36. The number of carbonyl (C=O) groups excluding carboxylic acids is 1. The van der Waals surface area contributed by atoms with Gasteiger partial charge in [-0.25, -0.2) is 4.52 Å². The molecule has 134 valence electrons. The first-order valence-electron chi connectivity index (χ1n) is 8.29. The number of nitrogens with zero attached hydrogens (tertiary/aromatic N) is 3. The molecule has 0 unspecified atom stereocenters. The van der Waals surface area contributed by atoms with Gasteiger partial charge < -0.3 is 19.4 Å². The molecule has 26 heavy (non-hydrogen) atoms. The van der Waals surface area contributed by atoms with Gasteiger partial charge in [-0.2, -0.15) is 5.10 Å². The second kappa shape index (κ2) is 6.21. The van der Waals surface area contributed by atoms with Gasteiger partial charge in [0, 0.05) is 24.0 Å². The lowest BCUT2D eigenvalue weighted by Gasteiger charge is -2.09. The zero-order valence-electron chi connectivity index (χ0n) is 14.4. The highest BCUT2D eigenvalue weighted by Gasteiger charge is 2.16. The van der Waals surface area contributed by atoms with Crippen molar-refractivity contribution in [3.05, 3.63) is 47.0 Å². The van der Waals surface area contributed by atoms with E-state index in [4.69, 9.17) is 9.47 Å². The van der Waals surface area contributed by atoms with E-state index in [-0.39, 0.29) is 30.8 Å². The fourth-order valence-corrected chi connectivity index (χ4v) is 2.87. The molecule has 0 spiro atoms. The molecule has 0 atom stereocenters. The van der Waals surface area contributed by atoms with E-state index >= 15 is 0 Å². The molecule has 0 saturated carbocycles. The van der Waals surface area contributed by atoms with Crippen molar-refractivity contribution in [3.63, 3.8) is 0 Å². The second-order valence-electron chi connectivity index (χ2n) is 6.38. The molecule has 0 bridgehead atoms. The highest BCUT2D eigenvalue weighted by atomic mass is 16.7. The SMILES string of the molecule is CC(C)NC(=O)Cn1ccn2nc(-c3ccc4c(c3)OCO4)cc2c1=O. The molecule has 1 aliphatic rings. The molecule has 0 fully saturated rings. The molecule has 8 heteroatoms. The summed E-state index contributed by atoms with van der Waals surface area (Å²) in [5, 5.41) is 7.22. The fourth-order valence-electron chi connectivity index (χ4n) is 2.87. The topological polar surface area (TPSA) is 86.9 Å². The first kappa shape index (κ1) is 16.2. The smallest absolute Gasteiger partial charge is 0.277 e. The van der Waals surface area contributed by atoms with Crippen molar-refractivity contribution in [1.29, 1.82) is 0 Å². The Morgan fingerprint density at radius 3 is 2.85 bits per heavy atom. The average Bonchev–Trinajstić information content (AvgIpc) is 3.22. The molecule has 4 rings (SSSR count). The van der Waals surface area contributed by atoms with E-state index in [0.29, 0.717) is 22.7 Å². The van der Waals surface area contributed by atoms with Gasteiger partial charge in [-0.15, -0.1) is 0 Å². The summed E-state index contributed by atoms with van der Waals surface area (Å²) in [5.41, 5.74) is 1.59. The van der Waals surface area contributed by atoms with Gasteiger partial charge in [0.05, 0.1) is 5.69 Å². The lowest BCUT2D eigenvalue weighted by molar-refractivity contribution is -0.122. The van der Waals surface area contributed by atoms with Gasteiger partial charge in [-0.1, -0.05) is 0 Å². The molecule has 8 nitrogen and oxygen atoms in total. The molecule has 1 aliphatic heterocycles. The van der Waals surface area contributed by atoms with Gasteiger partial charge in [0.2, 0.25) is 12.7 Å². The van der Waals surface area contributed by atoms with Crippen LogP contribution < -0.4 is 20.3 Å². The van der Waals surface area contributed by atoms with E-state index in [9.17, 15) is 9.59 Å². The molecule has 3 aromatic rings. The van der Waals surface area contributed by atoms with Gasteiger partial charge in [-0.3, -0.25) is 9.59 Å². The Morgan fingerprint density at radius 1 is 1.23 bits per heavy atom. The predicted molar refractivity (Wildman–Crippen MR) is 94.3 cm³/mol. The Bertz CT molecular complexity index is 1050. The van der Waals surface area contributed by atoms with Crippen LogP contribution in [0.4, 0.5) is 0 Å². The molecule has 3 heterocycles. The van der Waals surface area contributed by atoms with Crippen molar-refractivity contribution in [1.82, 2.24) is 19.5 Å². The number of nitrogens with one attached hydrogen (secondary N) is 1. The Morgan fingerprint density at radius 2 is 2.04 bits per heavy atom. The zero-order chi connectivity index (χ0) is 18.3. The lowest BCUT2D eigenvalue weighted by atomic mass is 10.1. The Kier molecular flexibility index (Phi) is 3.87. The molecule has 1 aromatic carbocycles. The summed E-state index contributed by atoms with van der Waals surface area (Å²) < 4.78 is 13.6. The van der Waals surface area contributed by atoms with Crippen LogP contribution in [-0.4, -0.2) is 32.9 Å². The summed E-state index contributed by atoms with van der Waals surface area (Å²) in [6.07, 6.45) is 3.22. The predicted octanol–water partition coefficient (Wildman–Crippen LogP) is 1.42. The largest absolute Gasteiger partial charge is 0.454 e. The van der Waals surface area contributed by atoms with E-state index < -0.39 is 0 Å². The van der Waals surface area contributed by atoms with E-state index in [1.807, 2.05) is 32.0 Å². The average molecular weight is 354 g/mol. The monoisotopic (exact) mass is 354 g/mol. The van der Waals surface area contributed by atoms with Crippen molar-refractivity contribution in [3.8, 4) is 22.8 Å². The molecule has 0 saturated heterocycles. The number of ether oxygens (including phenoxy) is 2. The highest BCUT2D eigenvalue weighted by molar-refractivity contribution is 5.76. The summed E-state index contributed by atoms with van der Waals surface area (Å²) in [4.78, 5) is 24.6. The number of amides is 1. The van der Waals surface area contributed by atoms with Crippen molar-refractivity contribution < 1.29 is 14.3 Å². The maximum Gasteiger partial charge on any atom is 0.277 e. The van der Waals surface area contributed by atoms with Gasteiger partial charge in [-0.05, 0) is 38.1 Å². The van der Waals surface area contributed by atoms with Crippen LogP contribution in [0.1, 0.15) is 13.8 Å². The first-order valence-corrected chi connectivity index (χ1v) is 8.29.